The zero-order valence-electron chi connectivity index (χ0n) is 20.3. The van der Waals surface area contributed by atoms with Crippen LogP contribution in [0.25, 0.3) is 16.9 Å². The minimum atomic E-state index is -0.530. The van der Waals surface area contributed by atoms with Gasteiger partial charge in [0.05, 0.1) is 45.8 Å². The van der Waals surface area contributed by atoms with Gasteiger partial charge in [0.2, 0.25) is 0 Å². The number of rotatable bonds is 3. The summed E-state index contributed by atoms with van der Waals surface area (Å²) >= 11 is 12.8. The average molecular weight is 527 g/mol. The van der Waals surface area contributed by atoms with E-state index in [4.69, 9.17) is 32.9 Å². The van der Waals surface area contributed by atoms with Gasteiger partial charge in [0.25, 0.3) is 5.91 Å². The summed E-state index contributed by atoms with van der Waals surface area (Å²) in [6.45, 7) is 8.39. The first-order chi connectivity index (χ1) is 17.1. The van der Waals surface area contributed by atoms with Crippen molar-refractivity contribution >= 4 is 34.8 Å². The Morgan fingerprint density at radius 1 is 1.19 bits per heavy atom. The maximum absolute atomic E-state index is 13.9. The summed E-state index contributed by atoms with van der Waals surface area (Å²) in [7, 11) is 0. The minimum absolute atomic E-state index is 0.156. The van der Waals surface area contributed by atoms with Gasteiger partial charge in [-0.2, -0.15) is 5.10 Å². The molecular formula is C27H25Cl2FN4O2. The molecule has 1 aliphatic rings. The fourth-order valence-electron chi connectivity index (χ4n) is 4.79. The SMILES string of the molecule is Cc1nc2c(C(C)(C)C)c(C(=O)N[C@H]3CCOc4ccccc43)cnn2c1-c1c(Cl)cc(F)cc1Cl. The summed E-state index contributed by atoms with van der Waals surface area (Å²) in [4.78, 5) is 18.4. The molecule has 0 bridgehead atoms. The Morgan fingerprint density at radius 3 is 2.58 bits per heavy atom. The number of aromatic nitrogens is 3. The maximum atomic E-state index is 13.9. The first kappa shape index (κ1) is 24.5. The molecular weight excluding hydrogens is 502 g/mol. The highest BCUT2D eigenvalue weighted by Gasteiger charge is 2.31. The quantitative estimate of drug-likeness (QED) is 0.322. The molecule has 0 saturated heterocycles. The van der Waals surface area contributed by atoms with Crippen LogP contribution in [-0.4, -0.2) is 27.1 Å². The lowest BCUT2D eigenvalue weighted by atomic mass is 9.84. The minimum Gasteiger partial charge on any atom is -0.493 e. The normalized spacial score (nSPS) is 15.5. The monoisotopic (exact) mass is 526 g/mol. The van der Waals surface area contributed by atoms with E-state index in [1.165, 1.54) is 12.1 Å². The summed E-state index contributed by atoms with van der Waals surface area (Å²) in [5, 5.41) is 8.05. The molecule has 36 heavy (non-hydrogen) atoms. The smallest absolute Gasteiger partial charge is 0.253 e. The fourth-order valence-corrected chi connectivity index (χ4v) is 5.43. The Bertz CT molecular complexity index is 1490. The van der Waals surface area contributed by atoms with Crippen molar-refractivity contribution in [3.63, 3.8) is 0 Å². The molecule has 2 aromatic carbocycles. The summed E-state index contributed by atoms with van der Waals surface area (Å²) in [6.07, 6.45) is 2.21. The van der Waals surface area contributed by atoms with E-state index in [0.29, 0.717) is 41.2 Å². The first-order valence-corrected chi connectivity index (χ1v) is 12.4. The number of carbonyl (C=O) groups is 1. The van der Waals surface area contributed by atoms with E-state index in [9.17, 15) is 9.18 Å². The van der Waals surface area contributed by atoms with Crippen molar-refractivity contribution in [2.45, 2.75) is 45.6 Å². The average Bonchev–Trinajstić information content (AvgIpc) is 3.13. The Morgan fingerprint density at radius 2 is 1.89 bits per heavy atom. The van der Waals surface area contributed by atoms with E-state index in [1.54, 1.807) is 10.7 Å². The summed E-state index contributed by atoms with van der Waals surface area (Å²) < 4.78 is 21.2. The van der Waals surface area contributed by atoms with Gasteiger partial charge in [-0.3, -0.25) is 4.79 Å². The predicted octanol–water partition coefficient (Wildman–Crippen LogP) is 6.70. The number of nitrogens with zero attached hydrogens (tertiary/aromatic N) is 3. The van der Waals surface area contributed by atoms with Crippen molar-refractivity contribution in [3.8, 4) is 17.0 Å². The van der Waals surface area contributed by atoms with Gasteiger partial charge >= 0.3 is 0 Å². The number of hydrogen-bond acceptors (Lipinski definition) is 4. The van der Waals surface area contributed by atoms with Crippen LogP contribution in [0, 0.1) is 12.7 Å². The van der Waals surface area contributed by atoms with Crippen molar-refractivity contribution in [3.05, 3.63) is 80.8 Å². The lowest BCUT2D eigenvalue weighted by Crippen LogP contribution is -2.34. The number of benzene rings is 2. The van der Waals surface area contributed by atoms with Crippen LogP contribution >= 0.6 is 23.2 Å². The molecule has 0 unspecified atom stereocenters. The van der Waals surface area contributed by atoms with Crippen LogP contribution in [0.15, 0.2) is 42.6 Å². The molecule has 1 amide bonds. The maximum Gasteiger partial charge on any atom is 0.253 e. The van der Waals surface area contributed by atoms with E-state index in [-0.39, 0.29) is 22.0 Å². The molecule has 0 saturated carbocycles. The van der Waals surface area contributed by atoms with Gasteiger partial charge in [-0.25, -0.2) is 13.9 Å². The van der Waals surface area contributed by atoms with Crippen LogP contribution in [0.4, 0.5) is 4.39 Å². The van der Waals surface area contributed by atoms with Crippen LogP contribution in [0.2, 0.25) is 10.0 Å². The van der Waals surface area contributed by atoms with E-state index >= 15 is 0 Å². The predicted molar refractivity (Wildman–Crippen MR) is 139 cm³/mol. The third kappa shape index (κ3) is 4.20. The Labute approximate surface area is 218 Å². The van der Waals surface area contributed by atoms with Crippen LogP contribution in [-0.2, 0) is 5.41 Å². The van der Waals surface area contributed by atoms with Crippen LogP contribution in [0.5, 0.6) is 5.75 Å². The lowest BCUT2D eigenvalue weighted by Gasteiger charge is -2.28. The molecule has 1 N–H and O–H groups in total. The number of fused-ring (bicyclic) bond motifs is 2. The second-order valence-electron chi connectivity index (χ2n) is 9.91. The highest BCUT2D eigenvalue weighted by Crippen LogP contribution is 2.40. The van der Waals surface area contributed by atoms with Crippen molar-refractivity contribution in [2.24, 2.45) is 0 Å². The van der Waals surface area contributed by atoms with Crippen molar-refractivity contribution < 1.29 is 13.9 Å². The van der Waals surface area contributed by atoms with Gasteiger partial charge in [0, 0.05) is 23.1 Å². The van der Waals surface area contributed by atoms with Gasteiger partial charge in [0.15, 0.2) is 5.65 Å². The van der Waals surface area contributed by atoms with E-state index in [1.807, 2.05) is 52.0 Å². The molecule has 5 rings (SSSR count). The number of ether oxygens (including phenoxy) is 1. The molecule has 0 fully saturated rings. The molecule has 1 atom stereocenters. The van der Waals surface area contributed by atoms with E-state index in [2.05, 4.69) is 10.4 Å². The van der Waals surface area contributed by atoms with Gasteiger partial charge in [-0.15, -0.1) is 0 Å². The summed E-state index contributed by atoms with van der Waals surface area (Å²) in [5.41, 5.74) is 3.79. The molecule has 6 nitrogen and oxygen atoms in total. The molecule has 2 aromatic heterocycles. The number of amides is 1. The third-order valence-corrected chi connectivity index (χ3v) is 6.92. The summed E-state index contributed by atoms with van der Waals surface area (Å²) in [6, 6.07) is 9.95. The standard InChI is InChI=1S/C27H25Cl2FN4O2/c1-14-24(22-18(28)11-15(30)12-19(22)29)34-25(32-14)23(27(2,3)4)17(13-31-34)26(35)33-20-9-10-36-21-8-6-5-7-16(20)21/h5-8,11-13,20H,9-10H2,1-4H3,(H,33,35)/t20-/m0/s1. The van der Waals surface area contributed by atoms with Crippen molar-refractivity contribution in [1.82, 2.24) is 19.9 Å². The molecule has 0 spiro atoms. The lowest BCUT2D eigenvalue weighted by molar-refractivity contribution is 0.0922. The van der Waals surface area contributed by atoms with Gasteiger partial charge in [0.1, 0.15) is 11.6 Å². The van der Waals surface area contributed by atoms with Gasteiger partial charge in [-0.05, 0) is 30.5 Å². The number of hydrogen-bond donors (Lipinski definition) is 1. The largest absolute Gasteiger partial charge is 0.493 e. The number of aryl methyl sites for hydroxylation is 1. The number of carbonyl (C=O) groups excluding carboxylic acids is 1. The highest BCUT2D eigenvalue weighted by atomic mass is 35.5. The van der Waals surface area contributed by atoms with Crippen LogP contribution in [0.3, 0.4) is 0 Å². The second kappa shape index (κ2) is 9.05. The number of para-hydroxylation sites is 1. The van der Waals surface area contributed by atoms with Crippen LogP contribution < -0.4 is 10.1 Å². The molecule has 3 heterocycles. The van der Waals surface area contributed by atoms with Gasteiger partial charge < -0.3 is 10.1 Å². The summed E-state index contributed by atoms with van der Waals surface area (Å²) in [5.74, 6) is 0.00846. The molecule has 4 aromatic rings. The fraction of sp³-hybridized carbons (Fsp3) is 0.296. The molecule has 0 aliphatic carbocycles. The van der Waals surface area contributed by atoms with Crippen molar-refractivity contribution in [1.29, 1.82) is 0 Å². The number of nitrogens with one attached hydrogen (secondary N) is 1. The number of halogens is 3. The topological polar surface area (TPSA) is 68.5 Å². The molecule has 9 heteroatoms. The second-order valence-corrected chi connectivity index (χ2v) is 10.7. The first-order valence-electron chi connectivity index (χ1n) is 11.6. The molecule has 186 valence electrons. The Balaban J connectivity index is 1.64. The van der Waals surface area contributed by atoms with Gasteiger partial charge in [-0.1, -0.05) is 62.2 Å². The molecule has 1 aliphatic heterocycles. The Kier molecular flexibility index (Phi) is 6.17. The third-order valence-electron chi connectivity index (χ3n) is 6.33. The highest BCUT2D eigenvalue weighted by molar-refractivity contribution is 6.39. The zero-order chi connectivity index (χ0) is 25.8. The van der Waals surface area contributed by atoms with Crippen LogP contribution in [0.1, 0.15) is 60.4 Å². The number of imidazole rings is 1. The Hall–Kier alpha value is -3.16. The van der Waals surface area contributed by atoms with Crippen molar-refractivity contribution in [2.75, 3.05) is 6.61 Å². The van der Waals surface area contributed by atoms with E-state index < -0.39 is 11.2 Å². The molecule has 0 radical (unpaired) electrons. The zero-order valence-corrected chi connectivity index (χ0v) is 21.8. The van der Waals surface area contributed by atoms with E-state index in [0.717, 1.165) is 16.9 Å².